The lowest BCUT2D eigenvalue weighted by atomic mass is 10.1. The predicted molar refractivity (Wildman–Crippen MR) is 141 cm³/mol. The third-order valence-corrected chi connectivity index (χ3v) is 6.17. The van der Waals surface area contributed by atoms with Crippen LogP contribution in [0.1, 0.15) is 40.2 Å². The summed E-state index contributed by atoms with van der Waals surface area (Å²) in [4.78, 5) is 17.2. The van der Waals surface area contributed by atoms with Crippen molar-refractivity contribution in [1.82, 2.24) is 14.9 Å². The number of fused-ring (bicyclic) bond motifs is 1. The number of amides is 1. The van der Waals surface area contributed by atoms with Crippen LogP contribution in [0.2, 0.25) is 0 Å². The number of hydrogen-bond donors (Lipinski definition) is 1. The number of carbonyl (C=O) groups is 1. The molecule has 0 atom stereocenters. The molecule has 6 heteroatoms. The average Bonchev–Trinajstić information content (AvgIpc) is 3.16. The van der Waals surface area contributed by atoms with Gasteiger partial charge in [-0.25, -0.2) is 4.98 Å². The minimum absolute atomic E-state index is 0.0571. The quantitative estimate of drug-likeness (QED) is 0.252. The lowest BCUT2D eigenvalue weighted by Crippen LogP contribution is -2.25. The molecule has 4 rings (SSSR count). The largest absolute Gasteiger partial charge is 0.494 e. The van der Waals surface area contributed by atoms with Gasteiger partial charge in [-0.15, -0.1) is 0 Å². The van der Waals surface area contributed by atoms with Crippen LogP contribution >= 0.6 is 15.9 Å². The molecular formula is C28H30BrN3O2. The van der Waals surface area contributed by atoms with E-state index in [2.05, 4.69) is 76.1 Å². The number of aryl methyl sites for hydroxylation is 4. The fourth-order valence-electron chi connectivity index (χ4n) is 4.17. The summed E-state index contributed by atoms with van der Waals surface area (Å²) in [6.45, 7) is 6.27. The van der Waals surface area contributed by atoms with E-state index in [0.29, 0.717) is 18.7 Å². The molecule has 0 aliphatic carbocycles. The van der Waals surface area contributed by atoms with Crippen LogP contribution in [0.3, 0.4) is 0 Å². The van der Waals surface area contributed by atoms with Gasteiger partial charge in [0.05, 0.1) is 17.6 Å². The van der Waals surface area contributed by atoms with Gasteiger partial charge in [-0.1, -0.05) is 40.2 Å². The number of benzene rings is 3. The first kappa shape index (κ1) is 24.0. The van der Waals surface area contributed by atoms with Crippen molar-refractivity contribution >= 4 is 32.9 Å². The van der Waals surface area contributed by atoms with Crippen LogP contribution in [0.5, 0.6) is 5.75 Å². The van der Waals surface area contributed by atoms with E-state index in [1.54, 1.807) is 0 Å². The van der Waals surface area contributed by atoms with Crippen molar-refractivity contribution in [1.29, 1.82) is 0 Å². The highest BCUT2D eigenvalue weighted by Crippen LogP contribution is 2.19. The number of nitrogens with zero attached hydrogens (tertiary/aromatic N) is 2. The van der Waals surface area contributed by atoms with Gasteiger partial charge in [-0.05, 0) is 80.3 Å². The maximum Gasteiger partial charge on any atom is 0.251 e. The molecule has 0 saturated carbocycles. The third kappa shape index (κ3) is 6.26. The zero-order chi connectivity index (χ0) is 23.9. The number of aromatic nitrogens is 2. The van der Waals surface area contributed by atoms with Crippen LogP contribution in [-0.2, 0) is 13.0 Å². The second-order valence-corrected chi connectivity index (χ2v) is 9.48. The van der Waals surface area contributed by atoms with Gasteiger partial charge in [-0.2, -0.15) is 0 Å². The maximum atomic E-state index is 12.4. The van der Waals surface area contributed by atoms with Crippen LogP contribution in [0.15, 0.2) is 71.2 Å². The second kappa shape index (κ2) is 11.3. The number of carbonyl (C=O) groups excluding carboxylic acids is 1. The molecule has 176 valence electrons. The first-order chi connectivity index (χ1) is 16.5. The zero-order valence-electron chi connectivity index (χ0n) is 19.7. The summed E-state index contributed by atoms with van der Waals surface area (Å²) in [5, 5.41) is 3.01. The number of halogens is 1. The average molecular weight is 520 g/mol. The molecule has 0 fully saturated rings. The molecule has 1 aromatic heterocycles. The number of imidazole rings is 1. The summed E-state index contributed by atoms with van der Waals surface area (Å²) in [5.41, 5.74) is 5.23. The Hall–Kier alpha value is -3.12. The minimum atomic E-state index is -0.0571. The molecule has 1 amide bonds. The lowest BCUT2D eigenvalue weighted by Gasteiger charge is -2.12. The van der Waals surface area contributed by atoms with Gasteiger partial charge in [0.25, 0.3) is 5.91 Å². The maximum absolute atomic E-state index is 12.4. The number of ether oxygens (including phenoxy) is 1. The van der Waals surface area contributed by atoms with E-state index in [0.717, 1.165) is 52.9 Å². The Kier molecular flexibility index (Phi) is 8.01. The molecule has 1 N–H and O–H groups in total. The van der Waals surface area contributed by atoms with Gasteiger partial charge < -0.3 is 14.6 Å². The second-order valence-electron chi connectivity index (χ2n) is 8.56. The van der Waals surface area contributed by atoms with Gasteiger partial charge >= 0.3 is 0 Å². The van der Waals surface area contributed by atoms with Crippen molar-refractivity contribution in [3.05, 3.63) is 93.7 Å². The number of nitrogens with one attached hydrogen (secondary N) is 1. The van der Waals surface area contributed by atoms with Crippen molar-refractivity contribution in [2.24, 2.45) is 0 Å². The van der Waals surface area contributed by atoms with Gasteiger partial charge in [-0.3, -0.25) is 4.79 Å². The Morgan fingerprint density at radius 1 is 1.00 bits per heavy atom. The molecule has 3 aromatic carbocycles. The van der Waals surface area contributed by atoms with Gasteiger partial charge in [0.2, 0.25) is 0 Å². The van der Waals surface area contributed by atoms with E-state index in [1.807, 2.05) is 30.3 Å². The first-order valence-corrected chi connectivity index (χ1v) is 12.5. The van der Waals surface area contributed by atoms with E-state index in [4.69, 9.17) is 9.72 Å². The molecule has 4 aromatic rings. The van der Waals surface area contributed by atoms with Crippen molar-refractivity contribution < 1.29 is 9.53 Å². The monoisotopic (exact) mass is 519 g/mol. The Balaban J connectivity index is 1.33. The third-order valence-electron chi connectivity index (χ3n) is 5.67. The van der Waals surface area contributed by atoms with Crippen LogP contribution < -0.4 is 10.1 Å². The Bertz CT molecular complexity index is 1260. The molecule has 1 heterocycles. The standard InChI is InChI=1S/C28H30BrN3O2/c1-20-16-21(2)18-24(17-20)34-15-7-14-32-26-11-4-3-10-25(26)31-27(32)12-6-13-30-28(33)22-8-5-9-23(29)19-22/h3-5,8-11,16-19H,6-7,12-15H2,1-2H3,(H,30,33). The summed E-state index contributed by atoms with van der Waals surface area (Å²) in [5.74, 6) is 1.91. The summed E-state index contributed by atoms with van der Waals surface area (Å²) in [7, 11) is 0. The topological polar surface area (TPSA) is 56.1 Å². The van der Waals surface area contributed by atoms with E-state index in [9.17, 15) is 4.79 Å². The molecule has 0 unspecified atom stereocenters. The van der Waals surface area contributed by atoms with Gasteiger partial charge in [0, 0.05) is 29.5 Å². The zero-order valence-corrected chi connectivity index (χ0v) is 21.3. The predicted octanol–water partition coefficient (Wildman–Crippen LogP) is 6.25. The highest BCUT2D eigenvalue weighted by Gasteiger charge is 2.11. The van der Waals surface area contributed by atoms with E-state index in [-0.39, 0.29) is 5.91 Å². The van der Waals surface area contributed by atoms with E-state index < -0.39 is 0 Å². The molecule has 0 radical (unpaired) electrons. The molecule has 0 spiro atoms. The normalized spacial score (nSPS) is 11.0. The Morgan fingerprint density at radius 3 is 2.59 bits per heavy atom. The van der Waals surface area contributed by atoms with Crippen molar-refractivity contribution in [3.8, 4) is 5.75 Å². The van der Waals surface area contributed by atoms with Gasteiger partial charge in [0.15, 0.2) is 0 Å². The molecular weight excluding hydrogens is 490 g/mol. The van der Waals surface area contributed by atoms with E-state index in [1.165, 1.54) is 11.1 Å². The first-order valence-electron chi connectivity index (χ1n) is 11.7. The summed E-state index contributed by atoms with van der Waals surface area (Å²) >= 11 is 3.41. The molecule has 0 aliphatic heterocycles. The molecule has 0 bridgehead atoms. The molecule has 34 heavy (non-hydrogen) atoms. The van der Waals surface area contributed by atoms with Crippen LogP contribution in [0, 0.1) is 13.8 Å². The molecule has 0 saturated heterocycles. The molecule has 0 aliphatic rings. The summed E-state index contributed by atoms with van der Waals surface area (Å²) < 4.78 is 9.20. The Labute approximate surface area is 209 Å². The molecule has 5 nitrogen and oxygen atoms in total. The van der Waals surface area contributed by atoms with Gasteiger partial charge in [0.1, 0.15) is 11.6 Å². The van der Waals surface area contributed by atoms with E-state index >= 15 is 0 Å². The summed E-state index contributed by atoms with van der Waals surface area (Å²) in [6.07, 6.45) is 2.51. The number of para-hydroxylation sites is 2. The van der Waals surface area contributed by atoms with Crippen LogP contribution in [0.25, 0.3) is 11.0 Å². The fourth-order valence-corrected chi connectivity index (χ4v) is 4.57. The SMILES string of the molecule is Cc1cc(C)cc(OCCCn2c(CCCNC(=O)c3cccc(Br)c3)nc3ccccc32)c1. The minimum Gasteiger partial charge on any atom is -0.494 e. The van der Waals surface area contributed by atoms with Crippen molar-refractivity contribution in [3.63, 3.8) is 0 Å². The lowest BCUT2D eigenvalue weighted by molar-refractivity contribution is 0.0953. The fraction of sp³-hybridized carbons (Fsp3) is 0.286. The van der Waals surface area contributed by atoms with Crippen molar-refractivity contribution in [2.45, 2.75) is 39.7 Å². The van der Waals surface area contributed by atoms with Crippen molar-refractivity contribution in [2.75, 3.05) is 13.2 Å². The number of rotatable bonds is 10. The highest BCUT2D eigenvalue weighted by molar-refractivity contribution is 9.10. The Morgan fingerprint density at radius 2 is 1.79 bits per heavy atom. The smallest absolute Gasteiger partial charge is 0.251 e. The highest BCUT2D eigenvalue weighted by atomic mass is 79.9. The van der Waals surface area contributed by atoms with Crippen LogP contribution in [0.4, 0.5) is 0 Å². The summed E-state index contributed by atoms with van der Waals surface area (Å²) in [6, 6.07) is 22.0. The van der Waals surface area contributed by atoms with Crippen LogP contribution in [-0.4, -0.2) is 28.6 Å². The number of hydrogen-bond acceptors (Lipinski definition) is 3.